The Kier molecular flexibility index (Phi) is 6.37. The predicted molar refractivity (Wildman–Crippen MR) is 123 cm³/mol. The van der Waals surface area contributed by atoms with Gasteiger partial charge in [-0.15, -0.1) is 11.3 Å². The quantitative estimate of drug-likeness (QED) is 0.302. The van der Waals surface area contributed by atoms with Crippen molar-refractivity contribution in [2.24, 2.45) is 0 Å². The van der Waals surface area contributed by atoms with Gasteiger partial charge in [0, 0.05) is 24.0 Å². The second-order valence-electron chi connectivity index (χ2n) is 7.10. The van der Waals surface area contributed by atoms with Gasteiger partial charge in [0.25, 0.3) is 0 Å². The molecule has 0 spiro atoms. The molecule has 0 saturated carbocycles. The molecule has 0 aliphatic carbocycles. The maximum atomic E-state index is 12.8. The molecule has 0 atom stereocenters. The molecule has 0 bridgehead atoms. The van der Waals surface area contributed by atoms with Gasteiger partial charge in [-0.05, 0) is 36.1 Å². The maximum Gasteiger partial charge on any atom is 0.319 e. The molecule has 158 valence electrons. The fraction of sp³-hybridized carbons (Fsp3) is 0.217. The number of anilines is 1. The number of amides is 2. The highest BCUT2D eigenvalue weighted by Crippen LogP contribution is 2.25. The van der Waals surface area contributed by atoms with Crippen molar-refractivity contribution in [1.82, 2.24) is 19.9 Å². The zero-order chi connectivity index (χ0) is 21.6. The third-order valence-corrected chi connectivity index (χ3v) is 5.74. The van der Waals surface area contributed by atoms with Crippen LogP contribution in [0.15, 0.2) is 60.2 Å². The summed E-state index contributed by atoms with van der Waals surface area (Å²) in [6.45, 7) is 2.78. The van der Waals surface area contributed by atoms with Gasteiger partial charge in [-0.1, -0.05) is 38.0 Å². The molecule has 7 nitrogen and oxygen atoms in total. The molecule has 2 amide bonds. The monoisotopic (exact) mass is 433 g/mol. The molecule has 0 unspecified atom stereocenters. The number of carbonyl (C=O) groups is 2. The summed E-state index contributed by atoms with van der Waals surface area (Å²) in [4.78, 5) is 30.0. The van der Waals surface area contributed by atoms with Crippen molar-refractivity contribution < 1.29 is 9.59 Å². The maximum absolute atomic E-state index is 12.8. The normalized spacial score (nSPS) is 10.9. The van der Waals surface area contributed by atoms with E-state index < -0.39 is 0 Å². The first kappa shape index (κ1) is 20.7. The molecule has 31 heavy (non-hydrogen) atoms. The van der Waals surface area contributed by atoms with E-state index in [0.29, 0.717) is 28.3 Å². The van der Waals surface area contributed by atoms with E-state index in [4.69, 9.17) is 0 Å². The Morgan fingerprint density at radius 1 is 1.13 bits per heavy atom. The van der Waals surface area contributed by atoms with Gasteiger partial charge in [0.2, 0.25) is 5.78 Å². The second kappa shape index (κ2) is 9.53. The van der Waals surface area contributed by atoms with Gasteiger partial charge < -0.3 is 10.6 Å². The standard InChI is InChI=1S/C23H23N5O2S/c1-2-3-4-11-25-23(30)27-17-8-5-7-16(14-17)19-10-12-24-22-18(15-26-28(19)22)21(29)20-9-6-13-31-20/h5-10,12-15H,2-4,11H2,1H3,(H2,25,27,30). The van der Waals surface area contributed by atoms with Crippen molar-refractivity contribution in [3.05, 3.63) is 70.7 Å². The molecule has 0 saturated heterocycles. The Morgan fingerprint density at radius 3 is 2.84 bits per heavy atom. The molecular weight excluding hydrogens is 410 g/mol. The first-order valence-corrected chi connectivity index (χ1v) is 11.1. The molecule has 0 aliphatic rings. The highest BCUT2D eigenvalue weighted by atomic mass is 32.1. The number of urea groups is 1. The van der Waals surface area contributed by atoms with Crippen LogP contribution in [-0.4, -0.2) is 33.0 Å². The van der Waals surface area contributed by atoms with Crippen LogP contribution in [0.25, 0.3) is 16.9 Å². The Labute approximate surface area is 184 Å². The summed E-state index contributed by atoms with van der Waals surface area (Å²) in [5.74, 6) is -0.0928. The summed E-state index contributed by atoms with van der Waals surface area (Å²) in [6.07, 6.45) is 6.39. The molecule has 0 fully saturated rings. The number of nitrogens with zero attached hydrogens (tertiary/aromatic N) is 3. The Hall–Kier alpha value is -3.52. The first-order chi connectivity index (χ1) is 15.2. The SMILES string of the molecule is CCCCCNC(=O)Nc1cccc(-c2ccnc3c(C(=O)c4cccs4)cnn23)c1. The minimum atomic E-state index is -0.226. The topological polar surface area (TPSA) is 88.4 Å². The number of aromatic nitrogens is 3. The lowest BCUT2D eigenvalue weighted by Gasteiger charge is -2.10. The van der Waals surface area contributed by atoms with Gasteiger partial charge in [0.05, 0.1) is 22.3 Å². The molecular formula is C23H23N5O2S. The summed E-state index contributed by atoms with van der Waals surface area (Å²) >= 11 is 1.39. The minimum absolute atomic E-state index is 0.0928. The number of nitrogens with one attached hydrogen (secondary N) is 2. The Bertz CT molecular complexity index is 1200. The van der Waals surface area contributed by atoms with Crippen LogP contribution in [-0.2, 0) is 0 Å². The van der Waals surface area contributed by atoms with E-state index in [9.17, 15) is 9.59 Å². The van der Waals surface area contributed by atoms with Gasteiger partial charge in [-0.2, -0.15) is 5.10 Å². The number of thiophene rings is 1. The Morgan fingerprint density at radius 2 is 2.03 bits per heavy atom. The van der Waals surface area contributed by atoms with Crippen LogP contribution in [0.1, 0.15) is 41.4 Å². The zero-order valence-electron chi connectivity index (χ0n) is 17.2. The number of hydrogen-bond acceptors (Lipinski definition) is 5. The van der Waals surface area contributed by atoms with Gasteiger partial charge in [-0.25, -0.2) is 14.3 Å². The molecule has 0 radical (unpaired) electrons. The van der Waals surface area contributed by atoms with E-state index in [1.807, 2.05) is 41.8 Å². The van der Waals surface area contributed by atoms with Gasteiger partial charge in [-0.3, -0.25) is 4.79 Å². The smallest absolute Gasteiger partial charge is 0.319 e. The summed E-state index contributed by atoms with van der Waals surface area (Å²) in [5, 5.41) is 12.0. The molecule has 2 N–H and O–H groups in total. The zero-order valence-corrected chi connectivity index (χ0v) is 18.0. The van der Waals surface area contributed by atoms with Crippen molar-refractivity contribution in [3.8, 4) is 11.3 Å². The average Bonchev–Trinajstić information content (AvgIpc) is 3.46. The minimum Gasteiger partial charge on any atom is -0.338 e. The van der Waals surface area contributed by atoms with E-state index in [2.05, 4.69) is 27.6 Å². The third kappa shape index (κ3) is 4.64. The van der Waals surface area contributed by atoms with Crippen molar-refractivity contribution in [2.75, 3.05) is 11.9 Å². The highest BCUT2D eigenvalue weighted by Gasteiger charge is 2.18. The molecule has 4 aromatic rings. The number of rotatable bonds is 8. The van der Waals surface area contributed by atoms with Crippen LogP contribution in [0.2, 0.25) is 0 Å². The number of unbranched alkanes of at least 4 members (excludes halogenated alkanes) is 2. The Balaban J connectivity index is 1.57. The van der Waals surface area contributed by atoms with Crippen LogP contribution in [0.5, 0.6) is 0 Å². The molecule has 8 heteroatoms. The van der Waals surface area contributed by atoms with Crippen molar-refractivity contribution >= 4 is 34.5 Å². The van der Waals surface area contributed by atoms with E-state index in [-0.39, 0.29) is 11.8 Å². The van der Waals surface area contributed by atoms with E-state index in [0.717, 1.165) is 30.5 Å². The molecule has 0 aliphatic heterocycles. The van der Waals surface area contributed by atoms with E-state index in [1.54, 1.807) is 23.0 Å². The second-order valence-corrected chi connectivity index (χ2v) is 8.05. The van der Waals surface area contributed by atoms with Crippen molar-refractivity contribution in [2.45, 2.75) is 26.2 Å². The lowest BCUT2D eigenvalue weighted by atomic mass is 10.1. The van der Waals surface area contributed by atoms with Crippen LogP contribution in [0.3, 0.4) is 0 Å². The lowest BCUT2D eigenvalue weighted by molar-refractivity contribution is 0.104. The van der Waals surface area contributed by atoms with Gasteiger partial charge in [0.1, 0.15) is 0 Å². The van der Waals surface area contributed by atoms with Gasteiger partial charge in [0.15, 0.2) is 5.65 Å². The molecule has 3 heterocycles. The number of ketones is 1. The summed E-state index contributed by atoms with van der Waals surface area (Å²) < 4.78 is 1.66. The molecule has 4 rings (SSSR count). The molecule has 1 aromatic carbocycles. The summed E-state index contributed by atoms with van der Waals surface area (Å²) in [6, 6.07) is 12.8. The van der Waals surface area contributed by atoms with Crippen LogP contribution in [0.4, 0.5) is 10.5 Å². The number of benzene rings is 1. The third-order valence-electron chi connectivity index (χ3n) is 4.87. The molecule has 3 aromatic heterocycles. The fourth-order valence-corrected chi connectivity index (χ4v) is 4.00. The number of fused-ring (bicyclic) bond motifs is 1. The average molecular weight is 434 g/mol. The van der Waals surface area contributed by atoms with Crippen LogP contribution in [0, 0.1) is 0 Å². The summed E-state index contributed by atoms with van der Waals surface area (Å²) in [7, 11) is 0. The van der Waals surface area contributed by atoms with Gasteiger partial charge >= 0.3 is 6.03 Å². The number of carbonyl (C=O) groups excluding carboxylic acids is 2. The largest absolute Gasteiger partial charge is 0.338 e. The highest BCUT2D eigenvalue weighted by molar-refractivity contribution is 7.12. The lowest BCUT2D eigenvalue weighted by Crippen LogP contribution is -2.29. The summed E-state index contributed by atoms with van der Waals surface area (Å²) in [5.41, 5.74) is 3.28. The fourth-order valence-electron chi connectivity index (χ4n) is 3.32. The van der Waals surface area contributed by atoms with Crippen molar-refractivity contribution in [3.63, 3.8) is 0 Å². The van der Waals surface area contributed by atoms with Crippen LogP contribution >= 0.6 is 11.3 Å². The first-order valence-electron chi connectivity index (χ1n) is 10.2. The van der Waals surface area contributed by atoms with E-state index >= 15 is 0 Å². The van der Waals surface area contributed by atoms with Crippen LogP contribution < -0.4 is 10.6 Å². The predicted octanol–water partition coefficient (Wildman–Crippen LogP) is 5.00. The van der Waals surface area contributed by atoms with Crippen molar-refractivity contribution in [1.29, 1.82) is 0 Å². The van der Waals surface area contributed by atoms with E-state index in [1.165, 1.54) is 11.3 Å². The number of hydrogen-bond donors (Lipinski definition) is 2.